The lowest BCUT2D eigenvalue weighted by Crippen LogP contribution is -2.14. The second kappa shape index (κ2) is 3.60. The molecule has 0 aromatic rings. The molecule has 1 unspecified atom stereocenters. The Kier molecular flexibility index (Phi) is 2.71. The molecule has 0 saturated heterocycles. The van der Waals surface area contributed by atoms with Gasteiger partial charge in [-0.3, -0.25) is 4.79 Å². The van der Waals surface area contributed by atoms with Crippen LogP contribution in [0.1, 0.15) is 20.3 Å². The van der Waals surface area contributed by atoms with Crippen LogP contribution in [-0.2, 0) is 4.79 Å². The summed E-state index contributed by atoms with van der Waals surface area (Å²) >= 11 is 0. The van der Waals surface area contributed by atoms with Gasteiger partial charge in [-0.25, -0.2) is 0 Å². The van der Waals surface area contributed by atoms with E-state index in [1.807, 2.05) is 0 Å². The summed E-state index contributed by atoms with van der Waals surface area (Å²) in [6, 6.07) is 0. The lowest BCUT2D eigenvalue weighted by molar-refractivity contribution is -0.105. The van der Waals surface area contributed by atoms with Crippen LogP contribution in [0.3, 0.4) is 0 Å². The van der Waals surface area contributed by atoms with Crippen LogP contribution in [0.25, 0.3) is 0 Å². The minimum absolute atomic E-state index is 0.0928. The Hall–Kier alpha value is -1.31. The standard InChI is InChI=1S/C11H15NO/c1-9-3-5-11(2,6-4-9)7-10(12)8-13/h3-5,7-8H,6,12H2,1-2H3. The summed E-state index contributed by atoms with van der Waals surface area (Å²) in [6.07, 6.45) is 9.68. The Bertz CT molecular complexity index is 299. The fourth-order valence-corrected chi connectivity index (χ4v) is 1.36. The van der Waals surface area contributed by atoms with Gasteiger partial charge in [-0.2, -0.15) is 0 Å². The van der Waals surface area contributed by atoms with Crippen molar-refractivity contribution in [3.05, 3.63) is 35.6 Å². The maximum absolute atomic E-state index is 10.4. The quantitative estimate of drug-likeness (QED) is 0.517. The zero-order valence-electron chi connectivity index (χ0n) is 8.08. The predicted molar refractivity (Wildman–Crippen MR) is 54.0 cm³/mol. The van der Waals surface area contributed by atoms with Crippen LogP contribution in [0, 0.1) is 5.41 Å². The monoisotopic (exact) mass is 177 g/mol. The average molecular weight is 177 g/mol. The Labute approximate surface area is 78.8 Å². The molecule has 1 aliphatic rings. The summed E-state index contributed by atoms with van der Waals surface area (Å²) in [5.41, 5.74) is 6.93. The zero-order valence-corrected chi connectivity index (χ0v) is 8.08. The number of carbonyl (C=O) groups excluding carboxylic acids is 1. The van der Waals surface area contributed by atoms with Crippen LogP contribution in [0.4, 0.5) is 0 Å². The van der Waals surface area contributed by atoms with E-state index >= 15 is 0 Å². The summed E-state index contributed by atoms with van der Waals surface area (Å²) in [5, 5.41) is 0. The first kappa shape index (κ1) is 9.78. The number of allylic oxidation sites excluding steroid dienone is 6. The Morgan fingerprint density at radius 1 is 1.69 bits per heavy atom. The normalized spacial score (nSPS) is 28.5. The molecule has 70 valence electrons. The molecule has 0 heterocycles. The maximum Gasteiger partial charge on any atom is 0.165 e. The molecule has 2 nitrogen and oxygen atoms in total. The van der Waals surface area contributed by atoms with E-state index in [1.165, 1.54) is 5.57 Å². The lowest BCUT2D eigenvalue weighted by atomic mass is 9.81. The molecule has 2 heteroatoms. The van der Waals surface area contributed by atoms with Gasteiger partial charge in [0.05, 0.1) is 5.70 Å². The van der Waals surface area contributed by atoms with E-state index in [4.69, 9.17) is 5.73 Å². The number of carbonyl (C=O) groups is 1. The summed E-state index contributed by atoms with van der Waals surface area (Å²) in [7, 11) is 0. The molecule has 1 rings (SSSR count). The number of hydrogen-bond donors (Lipinski definition) is 1. The summed E-state index contributed by atoms with van der Waals surface area (Å²) in [5.74, 6) is 0. The highest BCUT2D eigenvalue weighted by molar-refractivity contribution is 5.71. The van der Waals surface area contributed by atoms with E-state index in [-0.39, 0.29) is 5.41 Å². The van der Waals surface area contributed by atoms with Gasteiger partial charge in [-0.15, -0.1) is 0 Å². The van der Waals surface area contributed by atoms with Crippen molar-refractivity contribution >= 4 is 6.29 Å². The highest BCUT2D eigenvalue weighted by Crippen LogP contribution is 2.30. The molecule has 0 aromatic heterocycles. The molecule has 0 aliphatic heterocycles. The molecule has 1 atom stereocenters. The van der Waals surface area contributed by atoms with Crippen molar-refractivity contribution in [2.24, 2.45) is 11.1 Å². The molecule has 0 fully saturated rings. The molecule has 2 N–H and O–H groups in total. The zero-order chi connectivity index (χ0) is 9.90. The maximum atomic E-state index is 10.4. The van der Waals surface area contributed by atoms with Crippen LogP contribution in [0.2, 0.25) is 0 Å². The second-order valence-corrected chi connectivity index (χ2v) is 3.75. The molecule has 0 radical (unpaired) electrons. The molecular formula is C11H15NO. The third-order valence-electron chi connectivity index (χ3n) is 2.22. The van der Waals surface area contributed by atoms with E-state index < -0.39 is 0 Å². The molecule has 0 bridgehead atoms. The minimum atomic E-state index is -0.0928. The molecule has 0 spiro atoms. The lowest BCUT2D eigenvalue weighted by Gasteiger charge is -2.23. The molecule has 1 aliphatic carbocycles. The van der Waals surface area contributed by atoms with Crippen molar-refractivity contribution < 1.29 is 4.79 Å². The van der Waals surface area contributed by atoms with Crippen LogP contribution in [0.5, 0.6) is 0 Å². The van der Waals surface area contributed by atoms with E-state index in [9.17, 15) is 4.79 Å². The minimum Gasteiger partial charge on any atom is -0.396 e. The van der Waals surface area contributed by atoms with Crippen molar-refractivity contribution in [2.75, 3.05) is 0 Å². The first-order valence-electron chi connectivity index (χ1n) is 4.35. The first-order chi connectivity index (χ1) is 6.06. The summed E-state index contributed by atoms with van der Waals surface area (Å²) in [6.45, 7) is 4.12. The molecule has 13 heavy (non-hydrogen) atoms. The van der Waals surface area contributed by atoms with Gasteiger partial charge in [0.15, 0.2) is 6.29 Å². The summed E-state index contributed by atoms with van der Waals surface area (Å²) < 4.78 is 0. The highest BCUT2D eigenvalue weighted by Gasteiger charge is 2.19. The summed E-state index contributed by atoms with van der Waals surface area (Å²) in [4.78, 5) is 10.4. The predicted octanol–water partition coefficient (Wildman–Crippen LogP) is 1.94. The molecule has 0 aromatic carbocycles. The number of aldehydes is 1. The topological polar surface area (TPSA) is 43.1 Å². The molecule has 0 amide bonds. The van der Waals surface area contributed by atoms with Gasteiger partial charge in [0, 0.05) is 5.41 Å². The van der Waals surface area contributed by atoms with Crippen LogP contribution < -0.4 is 5.73 Å². The van der Waals surface area contributed by atoms with Gasteiger partial charge in [0.1, 0.15) is 0 Å². The third kappa shape index (κ3) is 2.58. The van der Waals surface area contributed by atoms with Gasteiger partial charge in [0.25, 0.3) is 0 Å². The smallest absolute Gasteiger partial charge is 0.165 e. The van der Waals surface area contributed by atoms with E-state index in [1.54, 1.807) is 6.08 Å². The van der Waals surface area contributed by atoms with Gasteiger partial charge >= 0.3 is 0 Å². The largest absolute Gasteiger partial charge is 0.396 e. The second-order valence-electron chi connectivity index (χ2n) is 3.75. The average Bonchev–Trinajstić information content (AvgIpc) is 2.10. The first-order valence-corrected chi connectivity index (χ1v) is 4.35. The fraction of sp³-hybridized carbons (Fsp3) is 0.364. The SMILES string of the molecule is CC1=CCC(C)(C=C(N)C=O)C=C1. The fourth-order valence-electron chi connectivity index (χ4n) is 1.36. The number of nitrogens with two attached hydrogens (primary N) is 1. The van der Waals surface area contributed by atoms with Gasteiger partial charge in [-0.1, -0.05) is 30.7 Å². The van der Waals surface area contributed by atoms with Gasteiger partial charge < -0.3 is 5.73 Å². The van der Waals surface area contributed by atoms with Crippen molar-refractivity contribution in [3.8, 4) is 0 Å². The molecule has 0 saturated carbocycles. The Morgan fingerprint density at radius 3 is 2.85 bits per heavy atom. The van der Waals surface area contributed by atoms with Crippen molar-refractivity contribution in [1.29, 1.82) is 0 Å². The van der Waals surface area contributed by atoms with Crippen LogP contribution >= 0.6 is 0 Å². The number of rotatable bonds is 2. The number of hydrogen-bond acceptors (Lipinski definition) is 2. The highest BCUT2D eigenvalue weighted by atomic mass is 16.1. The van der Waals surface area contributed by atoms with Gasteiger partial charge in [0.2, 0.25) is 0 Å². The van der Waals surface area contributed by atoms with Crippen molar-refractivity contribution in [2.45, 2.75) is 20.3 Å². The van der Waals surface area contributed by atoms with Crippen LogP contribution in [0.15, 0.2) is 35.6 Å². The Morgan fingerprint density at radius 2 is 2.38 bits per heavy atom. The van der Waals surface area contributed by atoms with E-state index in [2.05, 4.69) is 32.1 Å². The van der Waals surface area contributed by atoms with Crippen molar-refractivity contribution in [3.63, 3.8) is 0 Å². The van der Waals surface area contributed by atoms with Gasteiger partial charge in [-0.05, 0) is 19.4 Å². The van der Waals surface area contributed by atoms with Crippen LogP contribution in [-0.4, -0.2) is 6.29 Å². The third-order valence-corrected chi connectivity index (χ3v) is 2.22. The van der Waals surface area contributed by atoms with Crippen molar-refractivity contribution in [1.82, 2.24) is 0 Å². The Balaban J connectivity index is 2.82. The van der Waals surface area contributed by atoms with E-state index in [0.717, 1.165) is 6.42 Å². The molecular weight excluding hydrogens is 162 g/mol. The van der Waals surface area contributed by atoms with E-state index in [0.29, 0.717) is 12.0 Å².